The van der Waals surface area contributed by atoms with Crippen LogP contribution in [0.4, 0.5) is 0 Å². The highest BCUT2D eigenvalue weighted by Crippen LogP contribution is 2.27. The van der Waals surface area contributed by atoms with E-state index >= 15 is 0 Å². The molecule has 0 aromatic carbocycles. The number of hydrogen-bond acceptors (Lipinski definition) is 2. The van der Waals surface area contributed by atoms with Crippen molar-refractivity contribution in [3.63, 3.8) is 0 Å². The molecule has 1 saturated heterocycles. The molecule has 11 heavy (non-hydrogen) atoms. The van der Waals surface area contributed by atoms with Gasteiger partial charge in [-0.3, -0.25) is 4.90 Å². The van der Waals surface area contributed by atoms with E-state index in [9.17, 15) is 0 Å². The predicted molar refractivity (Wildman–Crippen MR) is 48.5 cm³/mol. The van der Waals surface area contributed by atoms with Gasteiger partial charge in [0.05, 0.1) is 0 Å². The van der Waals surface area contributed by atoms with Gasteiger partial charge in [-0.1, -0.05) is 0 Å². The molecule has 0 amide bonds. The smallest absolute Gasteiger partial charge is 0.0154 e. The first-order valence-corrected chi connectivity index (χ1v) is 4.53. The summed E-state index contributed by atoms with van der Waals surface area (Å²) in [6.45, 7) is 8.97. The van der Waals surface area contributed by atoms with Crippen LogP contribution in [0.3, 0.4) is 0 Å². The third kappa shape index (κ3) is 2.17. The number of hydrogen-bond donors (Lipinski definition) is 1. The van der Waals surface area contributed by atoms with Gasteiger partial charge in [0, 0.05) is 18.1 Å². The van der Waals surface area contributed by atoms with Crippen molar-refractivity contribution in [2.45, 2.75) is 45.2 Å². The molecule has 0 aliphatic carbocycles. The highest BCUT2D eigenvalue weighted by molar-refractivity contribution is 4.88. The summed E-state index contributed by atoms with van der Waals surface area (Å²) in [4.78, 5) is 2.50. The Kier molecular flexibility index (Phi) is 2.55. The monoisotopic (exact) mass is 156 g/mol. The maximum atomic E-state index is 5.75. The molecule has 1 heterocycles. The summed E-state index contributed by atoms with van der Waals surface area (Å²) in [6, 6.07) is 0.312. The first-order chi connectivity index (χ1) is 5.02. The van der Waals surface area contributed by atoms with Gasteiger partial charge < -0.3 is 5.73 Å². The van der Waals surface area contributed by atoms with Crippen molar-refractivity contribution in [1.82, 2.24) is 4.90 Å². The van der Waals surface area contributed by atoms with E-state index in [1.54, 1.807) is 0 Å². The highest BCUT2D eigenvalue weighted by atomic mass is 15.2. The Labute approximate surface area is 69.8 Å². The second-order valence-corrected chi connectivity index (χ2v) is 4.34. The van der Waals surface area contributed by atoms with E-state index < -0.39 is 0 Å². The summed E-state index contributed by atoms with van der Waals surface area (Å²) >= 11 is 0. The van der Waals surface area contributed by atoms with E-state index in [1.807, 2.05) is 0 Å². The minimum Gasteiger partial charge on any atom is -0.327 e. The quantitative estimate of drug-likeness (QED) is 0.651. The molecule has 0 saturated carbocycles. The summed E-state index contributed by atoms with van der Waals surface area (Å²) in [5, 5.41) is 0. The fraction of sp³-hybridized carbons (Fsp3) is 1.00. The maximum Gasteiger partial charge on any atom is 0.0154 e. The van der Waals surface area contributed by atoms with Gasteiger partial charge in [-0.25, -0.2) is 0 Å². The molecule has 1 aliphatic rings. The normalized spacial score (nSPS) is 27.3. The van der Waals surface area contributed by atoms with Crippen LogP contribution < -0.4 is 5.73 Å². The zero-order valence-corrected chi connectivity index (χ0v) is 7.93. The van der Waals surface area contributed by atoms with Crippen LogP contribution in [0, 0.1) is 0 Å². The van der Waals surface area contributed by atoms with E-state index in [2.05, 4.69) is 25.7 Å². The minimum atomic E-state index is 0.312. The van der Waals surface area contributed by atoms with Crippen LogP contribution in [0.2, 0.25) is 0 Å². The van der Waals surface area contributed by atoms with Gasteiger partial charge in [0.2, 0.25) is 0 Å². The van der Waals surface area contributed by atoms with Crippen LogP contribution in [0.5, 0.6) is 0 Å². The first-order valence-electron chi connectivity index (χ1n) is 4.53. The number of rotatable bonds is 2. The third-order valence-electron chi connectivity index (χ3n) is 2.58. The number of nitrogens with two attached hydrogens (primary N) is 1. The second-order valence-electron chi connectivity index (χ2n) is 4.34. The molecule has 1 atom stereocenters. The van der Waals surface area contributed by atoms with Gasteiger partial charge in [0.25, 0.3) is 0 Å². The van der Waals surface area contributed by atoms with Gasteiger partial charge in [-0.05, 0) is 40.2 Å². The standard InChI is InChI=1S/C9H20N2/c1-8(10)7-11-6-4-5-9(11,2)3/h8H,4-7,10H2,1-3H3/t8-/m1/s1. The van der Waals surface area contributed by atoms with Gasteiger partial charge in [-0.15, -0.1) is 0 Å². The molecular weight excluding hydrogens is 136 g/mol. The van der Waals surface area contributed by atoms with E-state index in [0.717, 1.165) is 6.54 Å². The molecule has 0 bridgehead atoms. The summed E-state index contributed by atoms with van der Waals surface area (Å²) in [6.07, 6.45) is 2.65. The molecule has 66 valence electrons. The zero-order valence-electron chi connectivity index (χ0n) is 7.93. The molecule has 2 nitrogen and oxygen atoms in total. The molecule has 0 radical (unpaired) electrons. The Bertz CT molecular complexity index is 130. The lowest BCUT2D eigenvalue weighted by Crippen LogP contribution is -2.44. The van der Waals surface area contributed by atoms with Crippen LogP contribution in [0.25, 0.3) is 0 Å². The predicted octanol–water partition coefficient (Wildman–Crippen LogP) is 1.21. The fourth-order valence-electron chi connectivity index (χ4n) is 1.85. The molecule has 2 N–H and O–H groups in total. The minimum absolute atomic E-state index is 0.312. The summed E-state index contributed by atoms with van der Waals surface area (Å²) < 4.78 is 0. The number of likely N-dealkylation sites (tertiary alicyclic amines) is 1. The van der Waals surface area contributed by atoms with Crippen molar-refractivity contribution in [2.75, 3.05) is 13.1 Å². The van der Waals surface area contributed by atoms with E-state index in [4.69, 9.17) is 5.73 Å². The van der Waals surface area contributed by atoms with Crippen molar-refractivity contribution in [1.29, 1.82) is 0 Å². The lowest BCUT2D eigenvalue weighted by atomic mass is 10.0. The molecule has 1 aliphatic heterocycles. The van der Waals surface area contributed by atoms with Gasteiger partial charge >= 0.3 is 0 Å². The van der Waals surface area contributed by atoms with E-state index in [-0.39, 0.29) is 0 Å². The Balaban J connectivity index is 2.45. The lowest BCUT2D eigenvalue weighted by molar-refractivity contribution is 0.167. The van der Waals surface area contributed by atoms with E-state index in [1.165, 1.54) is 19.4 Å². The topological polar surface area (TPSA) is 29.3 Å². The fourth-order valence-corrected chi connectivity index (χ4v) is 1.85. The average molecular weight is 156 g/mol. The molecule has 0 aromatic heterocycles. The summed E-state index contributed by atoms with van der Waals surface area (Å²) in [5.74, 6) is 0. The third-order valence-corrected chi connectivity index (χ3v) is 2.58. The molecule has 0 unspecified atom stereocenters. The van der Waals surface area contributed by atoms with Crippen LogP contribution in [0.15, 0.2) is 0 Å². The Morgan fingerprint density at radius 1 is 1.55 bits per heavy atom. The van der Waals surface area contributed by atoms with Crippen LogP contribution in [-0.4, -0.2) is 29.6 Å². The molecule has 1 rings (SSSR count). The Hall–Kier alpha value is -0.0800. The Morgan fingerprint density at radius 3 is 2.55 bits per heavy atom. The van der Waals surface area contributed by atoms with Crippen molar-refractivity contribution in [3.8, 4) is 0 Å². The number of nitrogens with zero attached hydrogens (tertiary/aromatic N) is 1. The second kappa shape index (κ2) is 3.11. The first kappa shape index (κ1) is 9.01. The molecule has 2 heteroatoms. The molecule has 1 fully saturated rings. The summed E-state index contributed by atoms with van der Waals surface area (Å²) in [5.41, 5.74) is 6.15. The SMILES string of the molecule is C[C@@H](N)CN1CCCC1(C)C. The molecule has 0 spiro atoms. The van der Waals surface area contributed by atoms with Crippen molar-refractivity contribution >= 4 is 0 Å². The highest BCUT2D eigenvalue weighted by Gasteiger charge is 2.31. The maximum absolute atomic E-state index is 5.75. The van der Waals surface area contributed by atoms with Crippen molar-refractivity contribution in [3.05, 3.63) is 0 Å². The molecule has 0 aromatic rings. The van der Waals surface area contributed by atoms with Crippen LogP contribution >= 0.6 is 0 Å². The van der Waals surface area contributed by atoms with Crippen LogP contribution in [-0.2, 0) is 0 Å². The average Bonchev–Trinajstić information content (AvgIpc) is 2.10. The largest absolute Gasteiger partial charge is 0.327 e. The van der Waals surface area contributed by atoms with Gasteiger partial charge in [0.15, 0.2) is 0 Å². The Morgan fingerprint density at radius 2 is 2.18 bits per heavy atom. The van der Waals surface area contributed by atoms with Crippen LogP contribution in [0.1, 0.15) is 33.6 Å². The lowest BCUT2D eigenvalue weighted by Gasteiger charge is -2.32. The van der Waals surface area contributed by atoms with E-state index in [0.29, 0.717) is 11.6 Å². The summed E-state index contributed by atoms with van der Waals surface area (Å²) in [7, 11) is 0. The van der Waals surface area contributed by atoms with Gasteiger partial charge in [-0.2, -0.15) is 0 Å². The van der Waals surface area contributed by atoms with Crippen molar-refractivity contribution < 1.29 is 0 Å². The zero-order chi connectivity index (χ0) is 8.48. The molecular formula is C9H20N2. The van der Waals surface area contributed by atoms with Gasteiger partial charge in [0.1, 0.15) is 0 Å². The van der Waals surface area contributed by atoms with Crippen molar-refractivity contribution in [2.24, 2.45) is 5.73 Å².